The van der Waals surface area contributed by atoms with Crippen LogP contribution in [0.2, 0.25) is 0 Å². The molecule has 0 fully saturated rings. The highest BCUT2D eigenvalue weighted by molar-refractivity contribution is 9.10. The van der Waals surface area contributed by atoms with E-state index in [0.29, 0.717) is 25.5 Å². The van der Waals surface area contributed by atoms with Gasteiger partial charge in [-0.25, -0.2) is 14.8 Å². The Bertz CT molecular complexity index is 1550. The number of hydrogen-bond donors (Lipinski definition) is 1. The Morgan fingerprint density at radius 2 is 1.92 bits per heavy atom. The lowest BCUT2D eigenvalue weighted by molar-refractivity contribution is -0.118. The maximum Gasteiger partial charge on any atom is 0.267 e. The fourth-order valence-corrected chi connectivity index (χ4v) is 6.80. The number of benzene rings is 2. The fourth-order valence-electron chi connectivity index (χ4n) is 4.05. The number of nitrogens with zero attached hydrogens (tertiary/aromatic N) is 3. The second-order valence-electron chi connectivity index (χ2n) is 8.15. The van der Waals surface area contributed by atoms with E-state index in [4.69, 9.17) is 4.98 Å². The highest BCUT2D eigenvalue weighted by Crippen LogP contribution is 2.35. The van der Waals surface area contributed by atoms with Gasteiger partial charge in [0.05, 0.1) is 23.0 Å². The van der Waals surface area contributed by atoms with Gasteiger partial charge in [-0.1, -0.05) is 43.6 Å². The van der Waals surface area contributed by atoms with Crippen molar-refractivity contribution in [3.8, 4) is 5.69 Å². The van der Waals surface area contributed by atoms with Crippen LogP contribution in [0.25, 0.3) is 15.9 Å². The smallest absolute Gasteiger partial charge is 0.267 e. The number of nitrogens with one attached hydrogen (secondary N) is 1. The van der Waals surface area contributed by atoms with Crippen molar-refractivity contribution in [1.29, 1.82) is 0 Å². The van der Waals surface area contributed by atoms with Gasteiger partial charge in [0.15, 0.2) is 5.16 Å². The molecule has 0 aliphatic heterocycles. The van der Waals surface area contributed by atoms with Gasteiger partial charge >= 0.3 is 0 Å². The molecule has 2 heterocycles. The van der Waals surface area contributed by atoms with E-state index in [2.05, 4.69) is 42.4 Å². The number of carbonyl (C=O) groups excluding carboxylic acids is 1. The van der Waals surface area contributed by atoms with Gasteiger partial charge in [-0.2, -0.15) is 5.10 Å². The molecule has 1 aliphatic rings. The van der Waals surface area contributed by atoms with E-state index >= 15 is 0 Å². The van der Waals surface area contributed by atoms with Crippen LogP contribution in [0, 0.1) is 5.82 Å². The number of amides is 1. The third kappa shape index (κ3) is 5.34. The predicted molar refractivity (Wildman–Crippen MR) is 150 cm³/mol. The fraction of sp³-hybridized carbons (Fsp3) is 0.200. The van der Waals surface area contributed by atoms with E-state index < -0.39 is 11.7 Å². The molecule has 1 aliphatic carbocycles. The summed E-state index contributed by atoms with van der Waals surface area (Å²) in [6.07, 6.45) is 5.29. The van der Waals surface area contributed by atoms with E-state index in [9.17, 15) is 14.0 Å². The average molecular weight is 650 g/mol. The second-order valence-corrected chi connectivity index (χ2v) is 12.0. The minimum atomic E-state index is -0.444. The lowest BCUT2D eigenvalue weighted by Crippen LogP contribution is -2.24. The van der Waals surface area contributed by atoms with Crippen molar-refractivity contribution in [2.24, 2.45) is 5.10 Å². The topological polar surface area (TPSA) is 76.3 Å². The molecule has 6 nitrogen and oxygen atoms in total. The van der Waals surface area contributed by atoms with Gasteiger partial charge in [-0.3, -0.25) is 14.2 Å². The Hall–Kier alpha value is -2.34. The Kier molecular flexibility index (Phi) is 7.71. The molecular formula is C25H19Br2FN4O2S2. The number of hydrazone groups is 1. The summed E-state index contributed by atoms with van der Waals surface area (Å²) in [7, 11) is 0. The van der Waals surface area contributed by atoms with E-state index in [1.807, 2.05) is 24.3 Å². The Labute approximate surface area is 231 Å². The summed E-state index contributed by atoms with van der Waals surface area (Å²) in [5.74, 6) is -0.855. The first-order valence-electron chi connectivity index (χ1n) is 11.1. The first-order chi connectivity index (χ1) is 17.4. The number of thioether (sulfide) groups is 1. The van der Waals surface area contributed by atoms with Crippen LogP contribution in [0.15, 0.2) is 66.5 Å². The maximum atomic E-state index is 13.9. The number of fused-ring (bicyclic) bond motifs is 3. The summed E-state index contributed by atoms with van der Waals surface area (Å²) >= 11 is 9.46. The minimum absolute atomic E-state index is 0.0160. The predicted octanol–water partition coefficient (Wildman–Crippen LogP) is 6.23. The molecule has 0 saturated carbocycles. The van der Waals surface area contributed by atoms with Crippen molar-refractivity contribution in [2.45, 2.75) is 30.8 Å². The molecule has 11 heteroatoms. The lowest BCUT2D eigenvalue weighted by Gasteiger charge is -2.13. The van der Waals surface area contributed by atoms with Crippen LogP contribution in [-0.2, 0) is 17.6 Å². The molecule has 5 rings (SSSR count). The molecule has 2 aromatic heterocycles. The number of thiophene rings is 1. The first kappa shape index (κ1) is 25.3. The standard InChI is InChI=1S/C25H19Br2FN4O2S2/c26-15-5-8-17(9-6-15)32-24(34)22-18-3-1-2-4-20(18)36-23(22)30-25(32)35-13-21(33)31-29-12-14-11-16(27)7-10-19(14)28/h5-12H,1-4,13H2,(H,31,33). The van der Waals surface area contributed by atoms with Crippen LogP contribution < -0.4 is 11.0 Å². The third-order valence-corrected chi connectivity index (χ3v) is 8.87. The Morgan fingerprint density at radius 3 is 2.72 bits per heavy atom. The molecule has 0 unspecified atom stereocenters. The molecule has 36 heavy (non-hydrogen) atoms. The number of carbonyl (C=O) groups is 1. The summed E-state index contributed by atoms with van der Waals surface area (Å²) in [5, 5.41) is 4.99. The summed E-state index contributed by atoms with van der Waals surface area (Å²) in [4.78, 5) is 33.0. The SMILES string of the molecule is O=C(CSc1nc2sc3c(c2c(=O)n1-c1ccc(Br)cc1)CCCC3)NN=Cc1cc(Br)ccc1F. The molecule has 184 valence electrons. The average Bonchev–Trinajstić information content (AvgIpc) is 3.24. The maximum absolute atomic E-state index is 13.9. The van der Waals surface area contributed by atoms with Gasteiger partial charge in [-0.15, -0.1) is 11.3 Å². The molecule has 0 spiro atoms. The number of aromatic nitrogens is 2. The summed E-state index contributed by atoms with van der Waals surface area (Å²) in [6, 6.07) is 11.9. The van der Waals surface area contributed by atoms with Crippen molar-refractivity contribution in [2.75, 3.05) is 5.75 Å². The van der Waals surface area contributed by atoms with Crippen LogP contribution in [0.4, 0.5) is 4.39 Å². The zero-order valence-corrected chi connectivity index (χ0v) is 23.6. The first-order valence-corrected chi connectivity index (χ1v) is 14.5. The lowest BCUT2D eigenvalue weighted by atomic mass is 9.97. The van der Waals surface area contributed by atoms with Crippen LogP contribution >= 0.6 is 55.0 Å². The highest BCUT2D eigenvalue weighted by Gasteiger charge is 2.23. The van der Waals surface area contributed by atoms with Gasteiger partial charge in [-0.05, 0) is 73.7 Å². The second kappa shape index (κ2) is 11.0. The number of halogens is 3. The van der Waals surface area contributed by atoms with Crippen molar-refractivity contribution in [3.05, 3.63) is 83.6 Å². The molecule has 2 aromatic carbocycles. The van der Waals surface area contributed by atoms with Crippen LogP contribution in [0.3, 0.4) is 0 Å². The van der Waals surface area contributed by atoms with E-state index in [-0.39, 0.29) is 16.9 Å². The quantitative estimate of drug-likeness (QED) is 0.116. The Balaban J connectivity index is 1.43. The molecule has 4 aromatic rings. The number of hydrogen-bond acceptors (Lipinski definition) is 6. The number of aryl methyl sites for hydroxylation is 2. The van der Waals surface area contributed by atoms with Crippen molar-refractivity contribution >= 4 is 77.3 Å². The largest absolute Gasteiger partial charge is 0.272 e. The zero-order chi connectivity index (χ0) is 25.2. The van der Waals surface area contributed by atoms with Gasteiger partial charge < -0.3 is 0 Å². The highest BCUT2D eigenvalue weighted by atomic mass is 79.9. The normalized spacial score (nSPS) is 13.3. The molecule has 1 amide bonds. The third-order valence-electron chi connectivity index (χ3n) is 5.73. The van der Waals surface area contributed by atoms with Gasteiger partial charge in [0.2, 0.25) is 0 Å². The van der Waals surface area contributed by atoms with Crippen LogP contribution in [0.5, 0.6) is 0 Å². The van der Waals surface area contributed by atoms with Gasteiger partial charge in [0, 0.05) is 19.4 Å². The van der Waals surface area contributed by atoms with Crippen LogP contribution in [0.1, 0.15) is 28.8 Å². The van der Waals surface area contributed by atoms with Gasteiger partial charge in [0.1, 0.15) is 10.6 Å². The number of rotatable bonds is 6. The van der Waals surface area contributed by atoms with E-state index in [0.717, 1.165) is 47.5 Å². The summed E-state index contributed by atoms with van der Waals surface area (Å²) < 4.78 is 17.1. The monoisotopic (exact) mass is 648 g/mol. The van der Waals surface area contributed by atoms with E-state index in [1.165, 1.54) is 17.2 Å². The van der Waals surface area contributed by atoms with Crippen LogP contribution in [-0.4, -0.2) is 27.4 Å². The molecule has 0 saturated heterocycles. The Morgan fingerprint density at radius 1 is 1.17 bits per heavy atom. The van der Waals surface area contributed by atoms with E-state index in [1.54, 1.807) is 28.0 Å². The molecule has 0 atom stereocenters. The molecular weight excluding hydrogens is 631 g/mol. The molecule has 0 bridgehead atoms. The summed E-state index contributed by atoms with van der Waals surface area (Å²) in [6.45, 7) is 0. The molecule has 1 N–H and O–H groups in total. The van der Waals surface area contributed by atoms with Crippen molar-refractivity contribution < 1.29 is 9.18 Å². The minimum Gasteiger partial charge on any atom is -0.272 e. The zero-order valence-electron chi connectivity index (χ0n) is 18.8. The van der Waals surface area contributed by atoms with Crippen molar-refractivity contribution in [1.82, 2.24) is 15.0 Å². The van der Waals surface area contributed by atoms with Crippen molar-refractivity contribution in [3.63, 3.8) is 0 Å². The molecule has 0 radical (unpaired) electrons. The van der Waals surface area contributed by atoms with Gasteiger partial charge in [0.25, 0.3) is 11.5 Å². The summed E-state index contributed by atoms with van der Waals surface area (Å²) in [5.41, 5.74) is 4.34.